The lowest BCUT2D eigenvalue weighted by atomic mass is 10.1. The van der Waals surface area contributed by atoms with E-state index in [2.05, 4.69) is 21.2 Å². The summed E-state index contributed by atoms with van der Waals surface area (Å²) in [5, 5.41) is 12.3. The maximum absolute atomic E-state index is 12.2. The van der Waals surface area contributed by atoms with Crippen LogP contribution in [0.3, 0.4) is 0 Å². The van der Waals surface area contributed by atoms with Crippen LogP contribution in [0.25, 0.3) is 0 Å². The van der Waals surface area contributed by atoms with Gasteiger partial charge in [0.2, 0.25) is 0 Å². The molecule has 0 heterocycles. The molecule has 0 aliphatic rings. The number of rotatable bonds is 3. The van der Waals surface area contributed by atoms with E-state index in [4.69, 9.17) is 16.7 Å². The van der Waals surface area contributed by atoms with Crippen molar-refractivity contribution < 1.29 is 14.7 Å². The van der Waals surface area contributed by atoms with E-state index in [1.807, 2.05) is 0 Å². The summed E-state index contributed by atoms with van der Waals surface area (Å²) in [7, 11) is 0. The molecule has 21 heavy (non-hydrogen) atoms. The molecule has 0 fully saturated rings. The van der Waals surface area contributed by atoms with Crippen LogP contribution in [-0.4, -0.2) is 17.0 Å². The van der Waals surface area contributed by atoms with Crippen molar-refractivity contribution >= 4 is 45.1 Å². The predicted molar refractivity (Wildman–Crippen MR) is 85.2 cm³/mol. The van der Waals surface area contributed by atoms with Gasteiger partial charge in [-0.15, -0.1) is 0 Å². The SMILES string of the molecule is Cc1ccc(NC(=O)c2ccc(Cl)cc2Br)cc1C(=O)O. The smallest absolute Gasteiger partial charge is 0.336 e. The highest BCUT2D eigenvalue weighted by Crippen LogP contribution is 2.23. The number of nitrogens with one attached hydrogen (secondary N) is 1. The van der Waals surface area contributed by atoms with Gasteiger partial charge in [0, 0.05) is 15.2 Å². The van der Waals surface area contributed by atoms with Gasteiger partial charge in [-0.05, 0) is 58.7 Å². The topological polar surface area (TPSA) is 66.4 Å². The van der Waals surface area contributed by atoms with Crippen molar-refractivity contribution in [3.05, 3.63) is 62.6 Å². The van der Waals surface area contributed by atoms with Crippen molar-refractivity contribution in [1.82, 2.24) is 0 Å². The Morgan fingerprint density at radius 1 is 1.14 bits per heavy atom. The summed E-state index contributed by atoms with van der Waals surface area (Å²) in [4.78, 5) is 23.3. The first kappa shape index (κ1) is 15.5. The van der Waals surface area contributed by atoms with E-state index in [1.165, 1.54) is 6.07 Å². The van der Waals surface area contributed by atoms with Crippen LogP contribution in [0.15, 0.2) is 40.9 Å². The summed E-state index contributed by atoms with van der Waals surface area (Å²) in [5.74, 6) is -1.38. The van der Waals surface area contributed by atoms with E-state index in [-0.39, 0.29) is 11.5 Å². The number of carbonyl (C=O) groups excluding carboxylic acids is 1. The predicted octanol–water partition coefficient (Wildman–Crippen LogP) is 4.36. The van der Waals surface area contributed by atoms with E-state index in [9.17, 15) is 9.59 Å². The molecule has 0 atom stereocenters. The molecular weight excluding hydrogens is 358 g/mol. The molecule has 2 aromatic rings. The average Bonchev–Trinajstić information content (AvgIpc) is 2.40. The highest BCUT2D eigenvalue weighted by molar-refractivity contribution is 9.10. The normalized spacial score (nSPS) is 10.2. The van der Waals surface area contributed by atoms with Gasteiger partial charge in [0.05, 0.1) is 11.1 Å². The van der Waals surface area contributed by atoms with Gasteiger partial charge in [-0.25, -0.2) is 4.79 Å². The van der Waals surface area contributed by atoms with E-state index in [1.54, 1.807) is 37.3 Å². The fourth-order valence-corrected chi connectivity index (χ4v) is 2.66. The Morgan fingerprint density at radius 3 is 2.48 bits per heavy atom. The second-order valence-corrected chi connectivity index (χ2v) is 5.70. The molecule has 2 N–H and O–H groups in total. The molecule has 0 aliphatic heterocycles. The number of amides is 1. The zero-order chi connectivity index (χ0) is 15.6. The van der Waals surface area contributed by atoms with E-state index in [0.717, 1.165) is 0 Å². The number of carbonyl (C=O) groups is 2. The van der Waals surface area contributed by atoms with Crippen LogP contribution in [0.2, 0.25) is 5.02 Å². The van der Waals surface area contributed by atoms with Crippen LogP contribution in [0.4, 0.5) is 5.69 Å². The molecule has 0 aromatic heterocycles. The Morgan fingerprint density at radius 2 is 1.86 bits per heavy atom. The largest absolute Gasteiger partial charge is 0.478 e. The molecule has 2 aromatic carbocycles. The van der Waals surface area contributed by atoms with Crippen LogP contribution in [0, 0.1) is 6.92 Å². The summed E-state index contributed by atoms with van der Waals surface area (Å²) in [6, 6.07) is 9.56. The second-order valence-electron chi connectivity index (χ2n) is 4.41. The van der Waals surface area contributed by atoms with E-state index < -0.39 is 5.97 Å². The molecule has 2 rings (SSSR count). The van der Waals surface area contributed by atoms with Crippen molar-refractivity contribution in [2.24, 2.45) is 0 Å². The third kappa shape index (κ3) is 3.62. The van der Waals surface area contributed by atoms with Gasteiger partial charge >= 0.3 is 5.97 Å². The summed E-state index contributed by atoms with van der Waals surface area (Å²) < 4.78 is 0.568. The van der Waals surface area contributed by atoms with Crippen molar-refractivity contribution in [1.29, 1.82) is 0 Å². The Hall–Kier alpha value is -1.85. The number of hydrogen-bond acceptors (Lipinski definition) is 2. The van der Waals surface area contributed by atoms with Crippen molar-refractivity contribution in [2.75, 3.05) is 5.32 Å². The minimum Gasteiger partial charge on any atom is -0.478 e. The number of halogens is 2. The van der Waals surface area contributed by atoms with Gasteiger partial charge in [0.15, 0.2) is 0 Å². The Labute approximate surface area is 134 Å². The summed E-state index contributed by atoms with van der Waals surface area (Å²) in [6.45, 7) is 1.70. The molecule has 0 bridgehead atoms. The van der Waals surface area contributed by atoms with Crippen molar-refractivity contribution in [2.45, 2.75) is 6.92 Å². The number of carboxylic acid groups (broad SMARTS) is 1. The molecular formula is C15H11BrClNO3. The molecule has 0 radical (unpaired) electrons. The lowest BCUT2D eigenvalue weighted by Gasteiger charge is -2.09. The lowest BCUT2D eigenvalue weighted by molar-refractivity contribution is 0.0695. The van der Waals surface area contributed by atoms with Gasteiger partial charge in [-0.3, -0.25) is 4.79 Å². The van der Waals surface area contributed by atoms with E-state index >= 15 is 0 Å². The minimum atomic E-state index is -1.03. The first-order valence-electron chi connectivity index (χ1n) is 5.99. The van der Waals surface area contributed by atoms with Crippen molar-refractivity contribution in [3.63, 3.8) is 0 Å². The molecule has 0 saturated carbocycles. The molecule has 4 nitrogen and oxygen atoms in total. The third-order valence-corrected chi connectivity index (χ3v) is 3.79. The Kier molecular flexibility index (Phi) is 4.65. The fourth-order valence-electron chi connectivity index (χ4n) is 1.80. The zero-order valence-corrected chi connectivity index (χ0v) is 13.3. The first-order valence-corrected chi connectivity index (χ1v) is 7.16. The summed E-state index contributed by atoms with van der Waals surface area (Å²) in [5.41, 5.74) is 1.62. The van der Waals surface area contributed by atoms with Crippen LogP contribution < -0.4 is 5.32 Å². The number of carboxylic acids is 1. The van der Waals surface area contributed by atoms with Gasteiger partial charge in [0.25, 0.3) is 5.91 Å². The van der Waals surface area contributed by atoms with E-state index in [0.29, 0.717) is 26.3 Å². The maximum atomic E-state index is 12.2. The molecule has 1 amide bonds. The average molecular weight is 369 g/mol. The van der Waals surface area contributed by atoms with Crippen LogP contribution in [0.5, 0.6) is 0 Å². The Balaban J connectivity index is 2.27. The van der Waals surface area contributed by atoms with Gasteiger partial charge in [-0.1, -0.05) is 17.7 Å². The zero-order valence-electron chi connectivity index (χ0n) is 11.0. The minimum absolute atomic E-state index is 0.156. The standard InChI is InChI=1S/C15H11BrClNO3/c1-8-2-4-10(7-12(8)15(20)21)18-14(19)11-5-3-9(17)6-13(11)16/h2-7H,1H3,(H,18,19)(H,20,21). The lowest BCUT2D eigenvalue weighted by Crippen LogP contribution is -2.13. The van der Waals surface area contributed by atoms with Gasteiger partial charge in [0.1, 0.15) is 0 Å². The first-order chi connectivity index (χ1) is 9.88. The molecule has 0 aliphatic carbocycles. The number of benzene rings is 2. The molecule has 6 heteroatoms. The van der Waals surface area contributed by atoms with Crippen molar-refractivity contribution in [3.8, 4) is 0 Å². The van der Waals surface area contributed by atoms with Gasteiger partial charge in [-0.2, -0.15) is 0 Å². The number of aromatic carboxylic acids is 1. The number of hydrogen-bond donors (Lipinski definition) is 2. The number of anilines is 1. The second kappa shape index (κ2) is 6.28. The summed E-state index contributed by atoms with van der Waals surface area (Å²) in [6.07, 6.45) is 0. The molecule has 108 valence electrons. The molecule has 0 unspecified atom stereocenters. The Bertz CT molecular complexity index is 731. The highest BCUT2D eigenvalue weighted by Gasteiger charge is 2.13. The quantitative estimate of drug-likeness (QED) is 0.846. The number of aryl methyl sites for hydroxylation is 1. The van der Waals surface area contributed by atoms with Crippen LogP contribution in [-0.2, 0) is 0 Å². The van der Waals surface area contributed by atoms with Crippen LogP contribution in [0.1, 0.15) is 26.3 Å². The maximum Gasteiger partial charge on any atom is 0.336 e. The monoisotopic (exact) mass is 367 g/mol. The molecule has 0 spiro atoms. The molecule has 0 saturated heterocycles. The fraction of sp³-hybridized carbons (Fsp3) is 0.0667. The van der Waals surface area contributed by atoms with Gasteiger partial charge < -0.3 is 10.4 Å². The third-order valence-electron chi connectivity index (χ3n) is 2.90. The summed E-state index contributed by atoms with van der Waals surface area (Å²) >= 11 is 9.10. The van der Waals surface area contributed by atoms with Crippen LogP contribution >= 0.6 is 27.5 Å². The highest BCUT2D eigenvalue weighted by atomic mass is 79.9.